The van der Waals surface area contributed by atoms with E-state index in [1.54, 1.807) is 29.5 Å². The van der Waals surface area contributed by atoms with Crippen LogP contribution in [0.4, 0.5) is 5.69 Å². The van der Waals surface area contributed by atoms with Gasteiger partial charge in [0.05, 0.1) is 15.7 Å². The molecule has 0 aliphatic carbocycles. The molecule has 6 heteroatoms. The van der Waals surface area contributed by atoms with Crippen LogP contribution in [-0.2, 0) is 0 Å². The third-order valence-corrected chi connectivity index (χ3v) is 5.78. The molecule has 3 nitrogen and oxygen atoms in total. The van der Waals surface area contributed by atoms with Gasteiger partial charge < -0.3 is 5.32 Å². The Morgan fingerprint density at radius 1 is 0.857 bits per heavy atom. The Kier molecular flexibility index (Phi) is 5.44. The summed E-state index contributed by atoms with van der Waals surface area (Å²) < 4.78 is 0. The molecule has 1 heterocycles. The number of rotatable bonds is 4. The zero-order valence-electron chi connectivity index (χ0n) is 14.5. The zero-order chi connectivity index (χ0) is 19.5. The van der Waals surface area contributed by atoms with E-state index in [0.29, 0.717) is 21.3 Å². The third-order valence-electron chi connectivity index (χ3n) is 4.15. The molecular weight excluding hydrogens is 411 g/mol. The summed E-state index contributed by atoms with van der Waals surface area (Å²) in [4.78, 5) is 17.1. The maximum absolute atomic E-state index is 12.4. The van der Waals surface area contributed by atoms with Crippen LogP contribution in [0.15, 0.2) is 78.2 Å². The number of hydrogen-bond acceptors (Lipinski definition) is 3. The summed E-state index contributed by atoms with van der Waals surface area (Å²) in [5.74, 6) is -0.244. The summed E-state index contributed by atoms with van der Waals surface area (Å²) in [6.07, 6.45) is 0. The van der Waals surface area contributed by atoms with E-state index in [0.717, 1.165) is 21.8 Å². The zero-order valence-corrected chi connectivity index (χ0v) is 16.9. The van der Waals surface area contributed by atoms with Crippen molar-refractivity contribution in [2.24, 2.45) is 0 Å². The second-order valence-electron chi connectivity index (χ2n) is 6.06. The first-order chi connectivity index (χ1) is 13.6. The summed E-state index contributed by atoms with van der Waals surface area (Å²) in [6.45, 7) is 0. The maximum atomic E-state index is 12.4. The number of benzene rings is 3. The number of halogens is 2. The number of carbonyl (C=O) groups is 1. The lowest BCUT2D eigenvalue weighted by Gasteiger charge is -2.07. The SMILES string of the molecule is O=C(Nc1ccc(-c2csc(-c3ccccc3)n2)cc1)c1ccc(Cl)c(Cl)c1. The summed E-state index contributed by atoms with van der Waals surface area (Å²) in [5.41, 5.74) is 4.14. The van der Waals surface area contributed by atoms with Crippen LogP contribution < -0.4 is 5.32 Å². The fraction of sp³-hybridized carbons (Fsp3) is 0. The van der Waals surface area contributed by atoms with Crippen molar-refractivity contribution >= 4 is 46.1 Å². The third kappa shape index (κ3) is 4.09. The highest BCUT2D eigenvalue weighted by molar-refractivity contribution is 7.13. The summed E-state index contributed by atoms with van der Waals surface area (Å²) in [5, 5.41) is 6.64. The molecule has 4 rings (SSSR count). The van der Waals surface area contributed by atoms with Gasteiger partial charge >= 0.3 is 0 Å². The van der Waals surface area contributed by atoms with Crippen LogP contribution in [0, 0.1) is 0 Å². The lowest BCUT2D eigenvalue weighted by atomic mass is 10.1. The normalized spacial score (nSPS) is 10.6. The molecule has 0 bridgehead atoms. The fourth-order valence-corrected chi connectivity index (χ4v) is 3.82. The largest absolute Gasteiger partial charge is 0.322 e. The van der Waals surface area contributed by atoms with Gasteiger partial charge in [0.1, 0.15) is 5.01 Å². The molecule has 138 valence electrons. The van der Waals surface area contributed by atoms with E-state index in [1.807, 2.05) is 60.0 Å². The smallest absolute Gasteiger partial charge is 0.255 e. The van der Waals surface area contributed by atoms with E-state index in [-0.39, 0.29) is 5.91 Å². The highest BCUT2D eigenvalue weighted by atomic mass is 35.5. The molecule has 1 N–H and O–H groups in total. The first kappa shape index (κ1) is 18.7. The van der Waals surface area contributed by atoms with Gasteiger partial charge in [0.15, 0.2) is 0 Å². The predicted molar refractivity (Wildman–Crippen MR) is 117 cm³/mol. The van der Waals surface area contributed by atoms with Crippen LogP contribution in [-0.4, -0.2) is 10.9 Å². The molecule has 1 amide bonds. The summed E-state index contributed by atoms with van der Waals surface area (Å²) >= 11 is 13.5. The number of hydrogen-bond donors (Lipinski definition) is 1. The van der Waals surface area contributed by atoms with Gasteiger partial charge in [-0.25, -0.2) is 4.98 Å². The van der Waals surface area contributed by atoms with Crippen molar-refractivity contribution in [3.8, 4) is 21.8 Å². The molecule has 0 spiro atoms. The predicted octanol–water partition coefficient (Wildman–Crippen LogP) is 7.04. The molecule has 0 aliphatic heterocycles. The molecule has 0 fully saturated rings. The van der Waals surface area contributed by atoms with Gasteiger partial charge in [-0.15, -0.1) is 11.3 Å². The maximum Gasteiger partial charge on any atom is 0.255 e. The number of nitrogens with zero attached hydrogens (tertiary/aromatic N) is 1. The van der Waals surface area contributed by atoms with Crippen molar-refractivity contribution in [3.05, 3.63) is 93.8 Å². The van der Waals surface area contributed by atoms with Crippen molar-refractivity contribution < 1.29 is 4.79 Å². The molecule has 0 saturated heterocycles. The minimum atomic E-state index is -0.244. The molecule has 0 atom stereocenters. The second kappa shape index (κ2) is 8.15. The molecular formula is C22H14Cl2N2OS. The van der Waals surface area contributed by atoms with Crippen molar-refractivity contribution in [2.75, 3.05) is 5.32 Å². The Bertz CT molecular complexity index is 1130. The van der Waals surface area contributed by atoms with Crippen molar-refractivity contribution in [2.45, 2.75) is 0 Å². The van der Waals surface area contributed by atoms with E-state index in [9.17, 15) is 4.79 Å². The molecule has 1 aromatic heterocycles. The summed E-state index contributed by atoms with van der Waals surface area (Å²) in [6, 6.07) is 22.5. The lowest BCUT2D eigenvalue weighted by molar-refractivity contribution is 0.102. The van der Waals surface area contributed by atoms with Crippen molar-refractivity contribution in [1.29, 1.82) is 0 Å². The van der Waals surface area contributed by atoms with Gasteiger partial charge in [0, 0.05) is 27.8 Å². The molecule has 4 aromatic rings. The van der Waals surface area contributed by atoms with Crippen LogP contribution in [0.2, 0.25) is 10.0 Å². The van der Waals surface area contributed by atoms with Crippen LogP contribution in [0.25, 0.3) is 21.8 Å². The van der Waals surface area contributed by atoms with Crippen molar-refractivity contribution in [3.63, 3.8) is 0 Å². The van der Waals surface area contributed by atoms with Crippen molar-refractivity contribution in [1.82, 2.24) is 4.98 Å². The molecule has 0 radical (unpaired) electrons. The minimum Gasteiger partial charge on any atom is -0.322 e. The highest BCUT2D eigenvalue weighted by Gasteiger charge is 2.10. The molecule has 0 aliphatic rings. The van der Waals surface area contributed by atoms with Crippen LogP contribution in [0.5, 0.6) is 0 Å². The molecule has 0 unspecified atom stereocenters. The van der Waals surface area contributed by atoms with Gasteiger partial charge in [-0.1, -0.05) is 65.7 Å². The number of carbonyl (C=O) groups excluding carboxylic acids is 1. The van der Waals surface area contributed by atoms with Crippen LogP contribution >= 0.6 is 34.5 Å². The monoisotopic (exact) mass is 424 g/mol. The first-order valence-electron chi connectivity index (χ1n) is 8.48. The Balaban J connectivity index is 1.49. The van der Waals surface area contributed by atoms with Crippen LogP contribution in [0.1, 0.15) is 10.4 Å². The van der Waals surface area contributed by atoms with Gasteiger partial charge in [-0.05, 0) is 30.3 Å². The first-order valence-corrected chi connectivity index (χ1v) is 10.1. The average Bonchev–Trinajstić information content (AvgIpc) is 3.21. The standard InChI is InChI=1S/C22H14Cl2N2OS/c23-18-11-8-16(12-19(18)24)21(27)25-17-9-6-14(7-10-17)20-13-28-22(26-20)15-4-2-1-3-5-15/h1-13H,(H,25,27). The summed E-state index contributed by atoms with van der Waals surface area (Å²) in [7, 11) is 0. The lowest BCUT2D eigenvalue weighted by Crippen LogP contribution is -2.11. The minimum absolute atomic E-state index is 0.244. The molecule has 0 saturated carbocycles. The van der Waals surface area contributed by atoms with Gasteiger partial charge in [-0.3, -0.25) is 4.79 Å². The quantitative estimate of drug-likeness (QED) is 0.381. The van der Waals surface area contributed by atoms with E-state index >= 15 is 0 Å². The molecule has 28 heavy (non-hydrogen) atoms. The molecule has 3 aromatic carbocycles. The fourth-order valence-electron chi connectivity index (χ4n) is 2.68. The Hall–Kier alpha value is -2.66. The number of aromatic nitrogens is 1. The Labute approximate surface area is 176 Å². The van der Waals surface area contributed by atoms with Gasteiger partial charge in [0.2, 0.25) is 0 Å². The van der Waals surface area contributed by atoms with Gasteiger partial charge in [-0.2, -0.15) is 0 Å². The van der Waals surface area contributed by atoms with Crippen LogP contribution in [0.3, 0.4) is 0 Å². The Morgan fingerprint density at radius 2 is 1.61 bits per heavy atom. The number of anilines is 1. The number of thiazole rings is 1. The second-order valence-corrected chi connectivity index (χ2v) is 7.74. The average molecular weight is 425 g/mol. The number of nitrogens with one attached hydrogen (secondary N) is 1. The van der Waals surface area contributed by atoms with E-state index in [1.165, 1.54) is 0 Å². The Morgan fingerprint density at radius 3 is 2.32 bits per heavy atom. The highest BCUT2D eigenvalue weighted by Crippen LogP contribution is 2.29. The number of amides is 1. The van der Waals surface area contributed by atoms with E-state index < -0.39 is 0 Å². The van der Waals surface area contributed by atoms with E-state index in [2.05, 4.69) is 5.32 Å². The van der Waals surface area contributed by atoms with E-state index in [4.69, 9.17) is 28.2 Å². The van der Waals surface area contributed by atoms with Gasteiger partial charge in [0.25, 0.3) is 5.91 Å². The topological polar surface area (TPSA) is 42.0 Å².